The van der Waals surface area contributed by atoms with Gasteiger partial charge in [-0.2, -0.15) is 0 Å². The first kappa shape index (κ1) is 16.1. The normalized spacial score (nSPS) is 12.4. The Bertz CT molecular complexity index is 1230. The summed E-state index contributed by atoms with van der Waals surface area (Å²) in [6.45, 7) is 0. The Balaban J connectivity index is 1.47. The van der Waals surface area contributed by atoms with Crippen molar-refractivity contribution in [2.75, 3.05) is 5.32 Å². The molecule has 134 valence electrons. The molecule has 1 heterocycles. The maximum absolute atomic E-state index is 12.8. The van der Waals surface area contributed by atoms with Gasteiger partial charge in [-0.05, 0) is 30.3 Å². The first-order valence-corrected chi connectivity index (χ1v) is 8.69. The molecule has 0 spiro atoms. The van der Waals surface area contributed by atoms with Crippen LogP contribution in [-0.2, 0) is 0 Å². The molecule has 0 amide bonds. The zero-order valence-electron chi connectivity index (χ0n) is 14.5. The molecule has 6 heteroatoms. The van der Waals surface area contributed by atoms with Gasteiger partial charge in [0, 0.05) is 33.5 Å². The van der Waals surface area contributed by atoms with Crippen LogP contribution in [0.5, 0.6) is 0 Å². The van der Waals surface area contributed by atoms with Gasteiger partial charge in [-0.15, -0.1) is 5.10 Å². The van der Waals surface area contributed by atoms with E-state index in [9.17, 15) is 9.59 Å². The molecule has 0 radical (unpaired) electrons. The van der Waals surface area contributed by atoms with Crippen LogP contribution in [0, 0.1) is 0 Å². The Labute approximate surface area is 159 Å². The predicted octanol–water partition coefficient (Wildman–Crippen LogP) is 4.26. The fourth-order valence-electron chi connectivity index (χ4n) is 3.27. The smallest absolute Gasteiger partial charge is 0.320 e. The monoisotopic (exact) mass is 367 g/mol. The van der Waals surface area contributed by atoms with Gasteiger partial charge in [0.15, 0.2) is 11.6 Å². The van der Waals surface area contributed by atoms with Crippen molar-refractivity contribution in [1.29, 1.82) is 0 Å². The Hall–Kier alpha value is -4.06. The van der Waals surface area contributed by atoms with Crippen molar-refractivity contribution in [2.24, 2.45) is 0 Å². The number of anilines is 2. The van der Waals surface area contributed by atoms with Gasteiger partial charge < -0.3 is 9.73 Å². The topological polar surface area (TPSA) is 85.1 Å². The fourth-order valence-corrected chi connectivity index (χ4v) is 3.27. The Morgan fingerprint density at radius 3 is 2.07 bits per heavy atom. The largest absolute Gasteiger partial charge is 0.403 e. The van der Waals surface area contributed by atoms with E-state index in [1.54, 1.807) is 42.5 Å². The maximum atomic E-state index is 12.8. The second kappa shape index (κ2) is 6.28. The number of carbonyl (C=O) groups is 2. The van der Waals surface area contributed by atoms with Crippen LogP contribution in [0.4, 0.5) is 11.7 Å². The molecule has 28 heavy (non-hydrogen) atoms. The van der Waals surface area contributed by atoms with E-state index in [-0.39, 0.29) is 17.6 Å². The van der Waals surface area contributed by atoms with E-state index < -0.39 is 0 Å². The van der Waals surface area contributed by atoms with Crippen molar-refractivity contribution in [3.05, 3.63) is 95.1 Å². The minimum atomic E-state index is -0.177. The number of benzene rings is 3. The van der Waals surface area contributed by atoms with Crippen LogP contribution in [0.2, 0.25) is 0 Å². The third-order valence-corrected chi connectivity index (χ3v) is 4.62. The number of hydrogen-bond acceptors (Lipinski definition) is 6. The van der Waals surface area contributed by atoms with E-state index in [0.717, 1.165) is 5.56 Å². The molecular formula is C22H13N3O3. The van der Waals surface area contributed by atoms with Crippen molar-refractivity contribution in [1.82, 2.24) is 10.2 Å². The summed E-state index contributed by atoms with van der Waals surface area (Å²) in [5.74, 6) is 0.0616. The number of hydrogen-bond donors (Lipinski definition) is 1. The van der Waals surface area contributed by atoms with Crippen LogP contribution in [0.25, 0.3) is 11.5 Å². The van der Waals surface area contributed by atoms with E-state index >= 15 is 0 Å². The van der Waals surface area contributed by atoms with E-state index in [1.807, 2.05) is 30.3 Å². The van der Waals surface area contributed by atoms with Crippen molar-refractivity contribution >= 4 is 23.3 Å². The lowest BCUT2D eigenvalue weighted by atomic mass is 9.84. The quantitative estimate of drug-likeness (QED) is 0.513. The second-order valence-corrected chi connectivity index (χ2v) is 6.37. The zero-order chi connectivity index (χ0) is 19.1. The Kier molecular flexibility index (Phi) is 3.62. The van der Waals surface area contributed by atoms with Crippen molar-refractivity contribution in [3.8, 4) is 11.5 Å². The number of ketones is 2. The summed E-state index contributed by atoms with van der Waals surface area (Å²) in [6, 6.07) is 21.5. The van der Waals surface area contributed by atoms with Crippen molar-refractivity contribution in [2.45, 2.75) is 0 Å². The highest BCUT2D eigenvalue weighted by molar-refractivity contribution is 6.28. The number of rotatable bonds is 3. The summed E-state index contributed by atoms with van der Waals surface area (Å²) in [5.41, 5.74) is 3.00. The molecule has 0 saturated heterocycles. The second-order valence-electron chi connectivity index (χ2n) is 6.37. The number of nitrogens with zero attached hydrogens (tertiary/aromatic N) is 2. The van der Waals surface area contributed by atoms with Gasteiger partial charge in [0.25, 0.3) is 0 Å². The summed E-state index contributed by atoms with van der Waals surface area (Å²) in [4.78, 5) is 25.5. The highest BCUT2D eigenvalue weighted by atomic mass is 16.4. The minimum absolute atomic E-state index is 0.152. The highest BCUT2D eigenvalue weighted by Crippen LogP contribution is 2.30. The first-order valence-electron chi connectivity index (χ1n) is 8.69. The van der Waals surface area contributed by atoms with E-state index in [2.05, 4.69) is 15.5 Å². The summed E-state index contributed by atoms with van der Waals surface area (Å²) in [7, 11) is 0. The lowest BCUT2D eigenvalue weighted by molar-refractivity contribution is 0.0979. The molecule has 1 aliphatic rings. The summed E-state index contributed by atoms with van der Waals surface area (Å²) >= 11 is 0. The lowest BCUT2D eigenvalue weighted by Crippen LogP contribution is -2.20. The third kappa shape index (κ3) is 2.59. The third-order valence-electron chi connectivity index (χ3n) is 4.62. The molecule has 4 aromatic rings. The van der Waals surface area contributed by atoms with Gasteiger partial charge in [0.2, 0.25) is 5.89 Å². The lowest BCUT2D eigenvalue weighted by Gasteiger charge is -2.17. The number of aromatic nitrogens is 2. The molecule has 3 aromatic carbocycles. The molecule has 0 atom stereocenters. The molecule has 1 aliphatic carbocycles. The predicted molar refractivity (Wildman–Crippen MR) is 103 cm³/mol. The van der Waals surface area contributed by atoms with Crippen molar-refractivity contribution in [3.63, 3.8) is 0 Å². The summed E-state index contributed by atoms with van der Waals surface area (Å²) < 4.78 is 5.64. The molecule has 0 unspecified atom stereocenters. The van der Waals surface area contributed by atoms with Gasteiger partial charge in [-0.1, -0.05) is 47.6 Å². The van der Waals surface area contributed by atoms with Gasteiger partial charge in [0.05, 0.1) is 0 Å². The van der Waals surface area contributed by atoms with Gasteiger partial charge in [-0.3, -0.25) is 9.59 Å². The Morgan fingerprint density at radius 2 is 1.32 bits per heavy atom. The molecular weight excluding hydrogens is 354 g/mol. The minimum Gasteiger partial charge on any atom is -0.403 e. The van der Waals surface area contributed by atoms with Crippen LogP contribution in [0.15, 0.2) is 77.2 Å². The zero-order valence-corrected chi connectivity index (χ0v) is 14.5. The maximum Gasteiger partial charge on any atom is 0.320 e. The number of fused-ring (bicyclic) bond motifs is 2. The number of carbonyl (C=O) groups excluding carboxylic acids is 2. The van der Waals surface area contributed by atoms with Crippen molar-refractivity contribution < 1.29 is 14.0 Å². The van der Waals surface area contributed by atoms with Crippen LogP contribution in [0.1, 0.15) is 31.8 Å². The fraction of sp³-hybridized carbons (Fsp3) is 0. The van der Waals surface area contributed by atoms with E-state index in [4.69, 9.17) is 4.42 Å². The van der Waals surface area contributed by atoms with Gasteiger partial charge >= 0.3 is 6.01 Å². The van der Waals surface area contributed by atoms with Gasteiger partial charge in [0.1, 0.15) is 0 Å². The standard InChI is InChI=1S/C22H13N3O3/c26-19-15-8-4-5-9-16(15)20(27)18-12-14(10-11-17(18)19)23-22-25-24-21(28-22)13-6-2-1-3-7-13/h1-12H,(H,23,25). The molecule has 0 bridgehead atoms. The van der Waals surface area contributed by atoms with E-state index in [0.29, 0.717) is 33.8 Å². The van der Waals surface area contributed by atoms with Gasteiger partial charge in [-0.25, -0.2) is 0 Å². The average molecular weight is 367 g/mol. The molecule has 0 saturated carbocycles. The molecule has 1 N–H and O–H groups in total. The average Bonchev–Trinajstić information content (AvgIpc) is 3.21. The van der Waals surface area contributed by atoms with Crippen LogP contribution < -0.4 is 5.32 Å². The van der Waals surface area contributed by atoms with Crippen LogP contribution in [0.3, 0.4) is 0 Å². The summed E-state index contributed by atoms with van der Waals surface area (Å²) in [6.07, 6.45) is 0. The first-order chi connectivity index (χ1) is 13.7. The SMILES string of the molecule is O=C1c2ccccc2C(=O)c2cc(Nc3nnc(-c4ccccc4)o3)ccc21. The van der Waals surface area contributed by atoms with Crippen LogP contribution >= 0.6 is 0 Å². The van der Waals surface area contributed by atoms with E-state index in [1.165, 1.54) is 0 Å². The number of nitrogens with one attached hydrogen (secondary N) is 1. The molecule has 0 fully saturated rings. The molecule has 5 rings (SSSR count). The molecule has 6 nitrogen and oxygen atoms in total. The van der Waals surface area contributed by atoms with Crippen LogP contribution in [-0.4, -0.2) is 21.8 Å². The summed E-state index contributed by atoms with van der Waals surface area (Å²) in [5, 5.41) is 11.0. The molecule has 0 aliphatic heterocycles. The molecule has 1 aromatic heterocycles. The highest BCUT2D eigenvalue weighted by Gasteiger charge is 2.29. The Morgan fingerprint density at radius 1 is 0.679 bits per heavy atom.